The van der Waals surface area contributed by atoms with Crippen LogP contribution in [0.1, 0.15) is 37.1 Å². The molecule has 0 fully saturated rings. The minimum Gasteiger partial charge on any atom is -0.328 e. The predicted octanol–water partition coefficient (Wildman–Crippen LogP) is 3.67. The fraction of sp³-hybridized carbons (Fsp3) is 0.333. The molecule has 0 saturated carbocycles. The van der Waals surface area contributed by atoms with Gasteiger partial charge in [0, 0.05) is 17.1 Å². The average Bonchev–Trinajstić information content (AvgIpc) is 3.25. The lowest BCUT2D eigenvalue weighted by molar-refractivity contribution is 0.248. The zero-order valence-electron chi connectivity index (χ0n) is 15.8. The van der Waals surface area contributed by atoms with Gasteiger partial charge in [0.1, 0.15) is 12.2 Å². The van der Waals surface area contributed by atoms with Crippen LogP contribution in [0.3, 0.4) is 0 Å². The van der Waals surface area contributed by atoms with Gasteiger partial charge in [0.05, 0.1) is 22.3 Å². The van der Waals surface area contributed by atoms with Gasteiger partial charge < -0.3 is 10.6 Å². The van der Waals surface area contributed by atoms with E-state index in [0.29, 0.717) is 6.54 Å². The number of benzene rings is 1. The number of para-hydroxylation sites is 1. The highest BCUT2D eigenvalue weighted by atomic mass is 32.2. The van der Waals surface area contributed by atoms with E-state index in [1.165, 1.54) is 6.33 Å². The van der Waals surface area contributed by atoms with E-state index in [4.69, 9.17) is 0 Å². The zero-order valence-corrected chi connectivity index (χ0v) is 16.6. The molecule has 0 aliphatic heterocycles. The van der Waals surface area contributed by atoms with Gasteiger partial charge in [-0.25, -0.2) is 14.5 Å². The van der Waals surface area contributed by atoms with Crippen molar-refractivity contribution in [3.05, 3.63) is 47.8 Å². The van der Waals surface area contributed by atoms with Crippen LogP contribution < -0.4 is 10.6 Å². The summed E-state index contributed by atoms with van der Waals surface area (Å²) in [7, 11) is 0. The van der Waals surface area contributed by atoms with Crippen LogP contribution in [-0.4, -0.2) is 31.0 Å². The lowest BCUT2D eigenvalue weighted by Crippen LogP contribution is -2.32. The Balaban J connectivity index is 1.71. The highest BCUT2D eigenvalue weighted by Crippen LogP contribution is 2.36. The molecule has 3 aromatic rings. The molecule has 0 radical (unpaired) electrons. The van der Waals surface area contributed by atoms with E-state index in [1.54, 1.807) is 16.4 Å². The molecule has 2 heterocycles. The van der Waals surface area contributed by atoms with Crippen molar-refractivity contribution in [3.8, 4) is 0 Å². The van der Waals surface area contributed by atoms with Gasteiger partial charge in [-0.1, -0.05) is 23.9 Å². The normalized spacial score (nSPS) is 12.0. The Hall–Kier alpha value is -2.81. The number of urea groups is 1. The van der Waals surface area contributed by atoms with Gasteiger partial charge in [-0.05, 0) is 39.8 Å². The fourth-order valence-electron chi connectivity index (χ4n) is 2.73. The second kappa shape index (κ2) is 8.26. The maximum Gasteiger partial charge on any atom is 0.319 e. The second-order valence-corrected chi connectivity index (χ2v) is 7.17. The molecule has 0 spiro atoms. The SMILES string of the molecule is CCn1ncnc1[C@H](C)NC(=O)Nc1ccccc1Sc1c(C)n[nH]c1C. The highest BCUT2D eigenvalue weighted by molar-refractivity contribution is 7.99. The molecule has 27 heavy (non-hydrogen) atoms. The molecule has 0 aliphatic carbocycles. The van der Waals surface area contributed by atoms with Crippen LogP contribution in [0.25, 0.3) is 0 Å². The lowest BCUT2D eigenvalue weighted by atomic mass is 10.3. The first kappa shape index (κ1) is 19.0. The number of aromatic amines is 1. The fourth-order valence-corrected chi connectivity index (χ4v) is 3.72. The third-order valence-corrected chi connectivity index (χ3v) is 5.47. The molecule has 0 saturated heterocycles. The number of nitrogens with zero attached hydrogens (tertiary/aromatic N) is 4. The second-order valence-electron chi connectivity index (χ2n) is 6.12. The van der Waals surface area contributed by atoms with Crippen molar-refractivity contribution in [2.75, 3.05) is 5.32 Å². The van der Waals surface area contributed by atoms with E-state index < -0.39 is 0 Å². The Bertz CT molecular complexity index is 914. The van der Waals surface area contributed by atoms with Gasteiger partial charge in [0.25, 0.3) is 0 Å². The van der Waals surface area contributed by atoms with Crippen LogP contribution in [0.4, 0.5) is 10.5 Å². The molecule has 0 bridgehead atoms. The van der Waals surface area contributed by atoms with Gasteiger partial charge in [-0.2, -0.15) is 10.2 Å². The maximum absolute atomic E-state index is 12.5. The zero-order chi connectivity index (χ0) is 19.4. The Morgan fingerprint density at radius 1 is 1.33 bits per heavy atom. The average molecular weight is 385 g/mol. The number of nitrogens with one attached hydrogen (secondary N) is 3. The van der Waals surface area contributed by atoms with E-state index in [-0.39, 0.29) is 12.1 Å². The standard InChI is InChI=1S/C18H23N7OS/c1-5-25-17(19-10-20-25)13(4)21-18(26)22-14-8-6-7-9-15(14)27-16-11(2)23-24-12(16)3/h6-10,13H,5H2,1-4H3,(H,23,24)(H2,21,22,26)/t13-/m0/s1. The number of rotatable bonds is 6. The molecule has 1 atom stereocenters. The van der Waals surface area contributed by atoms with Gasteiger partial charge in [0.15, 0.2) is 0 Å². The number of aromatic nitrogens is 5. The minimum absolute atomic E-state index is 0.259. The molecule has 0 unspecified atom stereocenters. The van der Waals surface area contributed by atoms with Gasteiger partial charge in [-0.15, -0.1) is 0 Å². The summed E-state index contributed by atoms with van der Waals surface area (Å²) in [5.74, 6) is 0.722. The van der Waals surface area contributed by atoms with Crippen LogP contribution in [0.2, 0.25) is 0 Å². The summed E-state index contributed by atoms with van der Waals surface area (Å²) in [5.41, 5.74) is 2.68. The quantitative estimate of drug-likeness (QED) is 0.601. The van der Waals surface area contributed by atoms with Gasteiger partial charge in [-0.3, -0.25) is 5.10 Å². The van der Waals surface area contributed by atoms with Crippen LogP contribution in [0, 0.1) is 13.8 Å². The topological polar surface area (TPSA) is 101 Å². The summed E-state index contributed by atoms with van der Waals surface area (Å²) in [6, 6.07) is 7.15. The monoisotopic (exact) mass is 385 g/mol. The number of amides is 2. The molecule has 3 rings (SSSR count). The molecular weight excluding hydrogens is 362 g/mol. The molecule has 2 aromatic heterocycles. The number of aryl methyl sites for hydroxylation is 3. The van der Waals surface area contributed by atoms with Gasteiger partial charge >= 0.3 is 6.03 Å². The van der Waals surface area contributed by atoms with Crippen molar-refractivity contribution < 1.29 is 4.79 Å². The number of carbonyl (C=O) groups is 1. The summed E-state index contributed by atoms with van der Waals surface area (Å²) in [6.07, 6.45) is 1.50. The summed E-state index contributed by atoms with van der Waals surface area (Å²) < 4.78 is 1.76. The number of hydrogen-bond acceptors (Lipinski definition) is 5. The van der Waals surface area contributed by atoms with E-state index in [1.807, 2.05) is 52.0 Å². The largest absolute Gasteiger partial charge is 0.328 e. The van der Waals surface area contributed by atoms with Gasteiger partial charge in [0.2, 0.25) is 0 Å². The molecule has 8 nitrogen and oxygen atoms in total. The van der Waals surface area contributed by atoms with Crippen LogP contribution in [0.15, 0.2) is 40.4 Å². The van der Waals surface area contributed by atoms with E-state index in [2.05, 4.69) is 30.9 Å². The molecule has 9 heteroatoms. The third kappa shape index (κ3) is 4.30. The first-order valence-electron chi connectivity index (χ1n) is 8.73. The Labute approximate surface area is 162 Å². The summed E-state index contributed by atoms with van der Waals surface area (Å²) in [5, 5.41) is 17.2. The van der Waals surface area contributed by atoms with Crippen molar-refractivity contribution in [2.45, 2.75) is 50.1 Å². The Morgan fingerprint density at radius 3 is 2.81 bits per heavy atom. The maximum atomic E-state index is 12.5. The first-order chi connectivity index (χ1) is 13.0. The van der Waals surface area contributed by atoms with Crippen LogP contribution in [-0.2, 0) is 6.54 Å². The number of carbonyl (C=O) groups excluding carboxylic acids is 1. The Morgan fingerprint density at radius 2 is 2.11 bits per heavy atom. The van der Waals surface area contributed by atoms with E-state index >= 15 is 0 Å². The van der Waals surface area contributed by atoms with Crippen molar-refractivity contribution in [2.24, 2.45) is 0 Å². The summed E-state index contributed by atoms with van der Waals surface area (Å²) in [4.78, 5) is 18.7. The minimum atomic E-state index is -0.290. The van der Waals surface area contributed by atoms with Crippen molar-refractivity contribution in [3.63, 3.8) is 0 Å². The number of hydrogen-bond donors (Lipinski definition) is 3. The van der Waals surface area contributed by atoms with Crippen molar-refractivity contribution in [1.82, 2.24) is 30.3 Å². The molecule has 2 amide bonds. The van der Waals surface area contributed by atoms with Crippen LogP contribution >= 0.6 is 11.8 Å². The molecule has 3 N–H and O–H groups in total. The predicted molar refractivity (Wildman–Crippen MR) is 105 cm³/mol. The third-order valence-electron chi connectivity index (χ3n) is 4.09. The molecular formula is C18H23N7OS. The smallest absolute Gasteiger partial charge is 0.319 e. The Kier molecular flexibility index (Phi) is 5.80. The number of anilines is 1. The lowest BCUT2D eigenvalue weighted by Gasteiger charge is -2.16. The summed E-state index contributed by atoms with van der Waals surface area (Å²) in [6.45, 7) is 8.51. The van der Waals surface area contributed by atoms with E-state index in [0.717, 1.165) is 32.7 Å². The summed E-state index contributed by atoms with van der Waals surface area (Å²) >= 11 is 1.58. The molecule has 142 valence electrons. The van der Waals surface area contributed by atoms with E-state index in [9.17, 15) is 4.79 Å². The van der Waals surface area contributed by atoms with Crippen molar-refractivity contribution in [1.29, 1.82) is 0 Å². The van der Waals surface area contributed by atoms with Crippen molar-refractivity contribution >= 4 is 23.5 Å². The molecule has 0 aliphatic rings. The molecule has 1 aromatic carbocycles. The number of H-pyrrole nitrogens is 1. The van der Waals surface area contributed by atoms with Crippen LogP contribution in [0.5, 0.6) is 0 Å². The first-order valence-corrected chi connectivity index (χ1v) is 9.55. The highest BCUT2D eigenvalue weighted by Gasteiger charge is 2.17.